The first-order chi connectivity index (χ1) is 12.8. The van der Waals surface area contributed by atoms with Gasteiger partial charge in [0.25, 0.3) is 0 Å². The number of halogens is 1. The maximum atomic E-state index is 13.1. The van der Waals surface area contributed by atoms with Gasteiger partial charge in [0, 0.05) is 32.2 Å². The van der Waals surface area contributed by atoms with Gasteiger partial charge in [0.15, 0.2) is 0 Å². The summed E-state index contributed by atoms with van der Waals surface area (Å²) >= 11 is 0. The molecule has 1 aliphatic heterocycles. The van der Waals surface area contributed by atoms with Crippen molar-refractivity contribution in [3.63, 3.8) is 0 Å². The topological polar surface area (TPSA) is 102 Å². The second-order valence-corrected chi connectivity index (χ2v) is 8.98. The van der Waals surface area contributed by atoms with E-state index in [0.29, 0.717) is 31.7 Å². The quantitative estimate of drug-likeness (QED) is 0.749. The molecule has 1 aromatic rings. The number of rotatable bonds is 5. The van der Waals surface area contributed by atoms with Crippen LogP contribution in [0.15, 0.2) is 23.1 Å². The van der Waals surface area contributed by atoms with Crippen LogP contribution in [0.4, 0.5) is 0 Å². The van der Waals surface area contributed by atoms with E-state index in [1.54, 1.807) is 17.0 Å². The van der Waals surface area contributed by atoms with Gasteiger partial charge in [-0.1, -0.05) is 12.8 Å². The predicted octanol–water partition coefficient (Wildman–Crippen LogP) is 1.23. The summed E-state index contributed by atoms with van der Waals surface area (Å²) < 4.78 is 37.9. The van der Waals surface area contributed by atoms with E-state index >= 15 is 0 Å². The van der Waals surface area contributed by atoms with Crippen LogP contribution in [0, 0.1) is 0 Å². The van der Waals surface area contributed by atoms with Gasteiger partial charge in [-0.15, -0.1) is 12.4 Å². The summed E-state index contributed by atoms with van der Waals surface area (Å²) in [5.41, 5.74) is 5.48. The largest absolute Gasteiger partial charge is 0.497 e. The maximum Gasteiger partial charge on any atom is 0.247 e. The number of carbonyl (C=O) groups excluding carboxylic acids is 1. The Kier molecular flexibility index (Phi) is 7.19. The van der Waals surface area contributed by atoms with Crippen molar-refractivity contribution in [2.24, 2.45) is 5.73 Å². The van der Waals surface area contributed by atoms with Gasteiger partial charge in [-0.2, -0.15) is 4.31 Å². The lowest BCUT2D eigenvalue weighted by Gasteiger charge is -2.38. The second-order valence-electron chi connectivity index (χ2n) is 7.08. The number of amides is 1. The molecule has 1 saturated heterocycles. The maximum absolute atomic E-state index is 13.1. The van der Waals surface area contributed by atoms with E-state index in [9.17, 15) is 13.2 Å². The highest BCUT2D eigenvalue weighted by Crippen LogP contribution is 2.32. The van der Waals surface area contributed by atoms with Crippen molar-refractivity contribution in [1.82, 2.24) is 9.21 Å². The zero-order valence-corrected chi connectivity index (χ0v) is 17.9. The Balaban J connectivity index is 0.00000280. The molecule has 2 aliphatic rings. The normalized spacial score (nSPS) is 19.8. The van der Waals surface area contributed by atoms with Crippen LogP contribution in [0.25, 0.3) is 0 Å². The lowest BCUT2D eigenvalue weighted by atomic mass is 9.97. The highest BCUT2D eigenvalue weighted by Gasteiger charge is 2.41. The molecule has 1 saturated carbocycles. The van der Waals surface area contributed by atoms with E-state index in [1.165, 1.54) is 24.6 Å². The molecule has 8 nitrogen and oxygen atoms in total. The zero-order chi connectivity index (χ0) is 19.7. The number of piperazine rings is 1. The summed E-state index contributed by atoms with van der Waals surface area (Å²) in [7, 11) is -0.851. The molecule has 0 bridgehead atoms. The Morgan fingerprint density at radius 2 is 1.68 bits per heavy atom. The highest BCUT2D eigenvalue weighted by molar-refractivity contribution is 7.89. The van der Waals surface area contributed by atoms with E-state index in [1.807, 2.05) is 0 Å². The molecule has 0 aromatic heterocycles. The van der Waals surface area contributed by atoms with Crippen molar-refractivity contribution in [1.29, 1.82) is 0 Å². The molecule has 1 amide bonds. The molecule has 1 heterocycles. The number of ether oxygens (including phenoxy) is 2. The van der Waals surface area contributed by atoms with E-state index in [4.69, 9.17) is 15.2 Å². The molecule has 0 spiro atoms. The smallest absolute Gasteiger partial charge is 0.247 e. The van der Waals surface area contributed by atoms with Crippen LogP contribution in [-0.4, -0.2) is 69.5 Å². The van der Waals surface area contributed by atoms with Crippen molar-refractivity contribution in [3.8, 4) is 11.5 Å². The number of hydrogen-bond acceptors (Lipinski definition) is 6. The fraction of sp³-hybridized carbons (Fsp3) is 0.611. The fourth-order valence-corrected chi connectivity index (χ4v) is 5.38. The average Bonchev–Trinajstić information content (AvgIpc) is 3.14. The third-order valence-electron chi connectivity index (χ3n) is 5.44. The van der Waals surface area contributed by atoms with Gasteiger partial charge in [0.2, 0.25) is 15.9 Å². The van der Waals surface area contributed by atoms with Crippen molar-refractivity contribution >= 4 is 28.3 Å². The number of benzene rings is 1. The zero-order valence-electron chi connectivity index (χ0n) is 16.2. The van der Waals surface area contributed by atoms with Gasteiger partial charge >= 0.3 is 0 Å². The molecule has 1 aliphatic carbocycles. The van der Waals surface area contributed by atoms with Crippen LogP contribution in [-0.2, 0) is 14.8 Å². The van der Waals surface area contributed by atoms with Crippen LogP contribution in [0.3, 0.4) is 0 Å². The first kappa shape index (κ1) is 22.7. The first-order valence-electron chi connectivity index (χ1n) is 9.12. The Hall–Kier alpha value is -1.55. The monoisotopic (exact) mass is 433 g/mol. The first-order valence-corrected chi connectivity index (χ1v) is 10.6. The average molecular weight is 434 g/mol. The summed E-state index contributed by atoms with van der Waals surface area (Å²) in [4.78, 5) is 14.5. The molecule has 1 aromatic carbocycles. The molecule has 0 radical (unpaired) electrons. The van der Waals surface area contributed by atoms with Gasteiger partial charge in [0.05, 0.1) is 19.8 Å². The van der Waals surface area contributed by atoms with E-state index < -0.39 is 15.6 Å². The fourth-order valence-electron chi connectivity index (χ4n) is 3.79. The standard InChI is InChI=1S/C18H27N3O5S.ClH/c1-25-14-5-6-15(26-2)16(13-14)27(23,24)21-11-9-20(10-12-21)17(22)18(19)7-3-4-8-18;/h5-6,13H,3-4,7-12,19H2,1-2H3;1H. The SMILES string of the molecule is COc1ccc(OC)c(S(=O)(=O)N2CCN(C(=O)C3(N)CCCC3)CC2)c1.Cl. The van der Waals surface area contributed by atoms with Gasteiger partial charge in [-0.3, -0.25) is 4.79 Å². The minimum atomic E-state index is -3.76. The molecule has 28 heavy (non-hydrogen) atoms. The van der Waals surface area contributed by atoms with E-state index in [-0.39, 0.29) is 42.0 Å². The molecule has 0 atom stereocenters. The van der Waals surface area contributed by atoms with Crippen LogP contribution < -0.4 is 15.2 Å². The van der Waals surface area contributed by atoms with Crippen LogP contribution in [0.1, 0.15) is 25.7 Å². The molecule has 2 N–H and O–H groups in total. The van der Waals surface area contributed by atoms with Crippen molar-refractivity contribution in [2.45, 2.75) is 36.1 Å². The summed E-state index contributed by atoms with van der Waals surface area (Å²) in [5, 5.41) is 0. The second kappa shape index (κ2) is 8.86. The van der Waals surface area contributed by atoms with Gasteiger partial charge in [-0.05, 0) is 25.0 Å². The molecular formula is C18H28ClN3O5S. The molecule has 3 rings (SSSR count). The minimum absolute atomic E-state index is 0. The summed E-state index contributed by atoms with van der Waals surface area (Å²) in [6.07, 6.45) is 3.33. The number of methoxy groups -OCH3 is 2. The van der Waals surface area contributed by atoms with Crippen molar-refractivity contribution < 1.29 is 22.7 Å². The van der Waals surface area contributed by atoms with Gasteiger partial charge < -0.3 is 20.1 Å². The Bertz CT molecular complexity index is 803. The third-order valence-corrected chi connectivity index (χ3v) is 7.36. The summed E-state index contributed by atoms with van der Waals surface area (Å²) in [6.45, 7) is 1.13. The van der Waals surface area contributed by atoms with E-state index in [0.717, 1.165) is 12.8 Å². The summed E-state index contributed by atoms with van der Waals surface area (Å²) in [6, 6.07) is 4.68. The van der Waals surface area contributed by atoms with Gasteiger partial charge in [-0.25, -0.2) is 8.42 Å². The highest BCUT2D eigenvalue weighted by atomic mass is 35.5. The van der Waals surface area contributed by atoms with Crippen LogP contribution in [0.2, 0.25) is 0 Å². The van der Waals surface area contributed by atoms with Gasteiger partial charge in [0.1, 0.15) is 16.4 Å². The van der Waals surface area contributed by atoms with Crippen LogP contribution >= 0.6 is 12.4 Å². The number of nitrogens with two attached hydrogens (primary N) is 1. The molecule has 158 valence electrons. The molecule has 2 fully saturated rings. The number of carbonyl (C=O) groups is 1. The Morgan fingerprint density at radius 3 is 2.21 bits per heavy atom. The van der Waals surface area contributed by atoms with Crippen molar-refractivity contribution in [3.05, 3.63) is 18.2 Å². The van der Waals surface area contributed by atoms with Crippen LogP contribution in [0.5, 0.6) is 11.5 Å². The third kappa shape index (κ3) is 4.22. The lowest BCUT2D eigenvalue weighted by molar-refractivity contribution is -0.138. The Labute approximate surface area is 172 Å². The Morgan fingerprint density at radius 1 is 1.07 bits per heavy atom. The lowest BCUT2D eigenvalue weighted by Crippen LogP contribution is -2.59. The minimum Gasteiger partial charge on any atom is -0.497 e. The van der Waals surface area contributed by atoms with Crippen molar-refractivity contribution in [2.75, 3.05) is 40.4 Å². The molecule has 10 heteroatoms. The number of nitrogens with zero attached hydrogens (tertiary/aromatic N) is 2. The predicted molar refractivity (Wildman–Crippen MR) is 108 cm³/mol. The molecular weight excluding hydrogens is 406 g/mol. The summed E-state index contributed by atoms with van der Waals surface area (Å²) in [5.74, 6) is 0.645. The number of hydrogen-bond donors (Lipinski definition) is 1. The number of sulfonamides is 1. The molecule has 0 unspecified atom stereocenters. The van der Waals surface area contributed by atoms with E-state index in [2.05, 4.69) is 0 Å².